The molecule has 2 heterocycles. The summed E-state index contributed by atoms with van der Waals surface area (Å²) in [4.78, 5) is 37.7. The maximum atomic E-state index is 11.8. The van der Waals surface area contributed by atoms with Crippen molar-refractivity contribution >= 4 is 23.9 Å². The number of nitrogens with zero attached hydrogens (tertiary/aromatic N) is 4. The van der Waals surface area contributed by atoms with Gasteiger partial charge in [-0.2, -0.15) is 0 Å². The predicted molar refractivity (Wildman–Crippen MR) is 192 cm³/mol. The fourth-order valence-electron chi connectivity index (χ4n) is 4.63. The van der Waals surface area contributed by atoms with Crippen molar-refractivity contribution in [1.29, 1.82) is 0 Å². The van der Waals surface area contributed by atoms with E-state index in [1.807, 2.05) is 58.2 Å². The molecule has 10 nitrogen and oxygen atoms in total. The summed E-state index contributed by atoms with van der Waals surface area (Å²) in [6.45, 7) is 15.6. The molecular formula is C37H54N6O4. The number of nitrogens with one attached hydrogen (secondary N) is 2. The van der Waals surface area contributed by atoms with Gasteiger partial charge in [-0.25, -0.2) is 5.01 Å². The van der Waals surface area contributed by atoms with Crippen LogP contribution in [0.3, 0.4) is 0 Å². The molecule has 5 rings (SSSR count). The average molecular weight is 647 g/mol. The van der Waals surface area contributed by atoms with Gasteiger partial charge in [-0.1, -0.05) is 80.1 Å². The molecule has 2 aliphatic rings. The van der Waals surface area contributed by atoms with Crippen LogP contribution in [0.2, 0.25) is 0 Å². The number of fused-ring (bicyclic) bond motifs is 1. The first-order valence-corrected chi connectivity index (χ1v) is 15.8. The zero-order valence-electron chi connectivity index (χ0n) is 29.4. The van der Waals surface area contributed by atoms with Crippen LogP contribution in [0, 0.1) is 20.8 Å². The Bertz CT molecular complexity index is 1340. The first-order valence-electron chi connectivity index (χ1n) is 15.8. The van der Waals surface area contributed by atoms with E-state index >= 15 is 0 Å². The number of benzene rings is 3. The summed E-state index contributed by atoms with van der Waals surface area (Å²) in [5.41, 5.74) is 6.47. The van der Waals surface area contributed by atoms with E-state index in [-0.39, 0.29) is 31.4 Å². The molecule has 47 heavy (non-hydrogen) atoms. The number of rotatable bonds is 6. The van der Waals surface area contributed by atoms with Crippen LogP contribution in [0.4, 0.5) is 5.69 Å². The molecule has 0 aromatic heterocycles. The summed E-state index contributed by atoms with van der Waals surface area (Å²) >= 11 is 0. The van der Waals surface area contributed by atoms with Crippen LogP contribution in [-0.2, 0) is 20.9 Å². The van der Waals surface area contributed by atoms with Gasteiger partial charge in [0.05, 0.1) is 13.1 Å². The Morgan fingerprint density at radius 2 is 1.57 bits per heavy atom. The van der Waals surface area contributed by atoms with Gasteiger partial charge in [0.2, 0.25) is 18.2 Å². The summed E-state index contributed by atoms with van der Waals surface area (Å²) in [6, 6.07) is 23.9. The summed E-state index contributed by atoms with van der Waals surface area (Å²) in [5.74, 6) is -0.0157. The molecule has 0 spiro atoms. The normalized spacial score (nSPS) is 14.9. The molecule has 3 amide bonds. The van der Waals surface area contributed by atoms with Crippen LogP contribution in [0.25, 0.3) is 0 Å². The number of aromatic hydroxyl groups is 1. The molecule has 3 aromatic carbocycles. The number of anilines is 1. The number of carbonyl (C=O) groups excluding carboxylic acids is 3. The minimum Gasteiger partial charge on any atom is -0.508 e. The van der Waals surface area contributed by atoms with Crippen LogP contribution in [0.15, 0.2) is 85.5 Å². The van der Waals surface area contributed by atoms with E-state index in [1.165, 1.54) is 37.9 Å². The maximum Gasteiger partial charge on any atom is 0.240 e. The molecule has 0 aliphatic carbocycles. The Kier molecular flexibility index (Phi) is 18.9. The van der Waals surface area contributed by atoms with Crippen LogP contribution in [0.1, 0.15) is 36.1 Å². The van der Waals surface area contributed by atoms with E-state index in [1.54, 1.807) is 23.2 Å². The standard InChI is InChI=1S/C10H14N4O3.C10H15N.C8H11N.C7H8O.C2H6/c1-2-3-12-6-10(17)13-5-8(16)11-4-9(13)14(12)7-15;1-8-5-6-9(2)10(7-8)11(3)4;1-9-7-8-5-3-2-4-6-8;1-6-2-4-7(8)5-3-6;1-2/h2,7,9H,1,3-6H2,(H,11,16);5-7H,1-4H3;2-6,9H,7H2,1H3;2-5,8H,1H3;1-2H3. The van der Waals surface area contributed by atoms with Crippen molar-refractivity contribution in [3.63, 3.8) is 0 Å². The lowest BCUT2D eigenvalue weighted by atomic mass is 10.1. The van der Waals surface area contributed by atoms with Gasteiger partial charge >= 0.3 is 0 Å². The highest BCUT2D eigenvalue weighted by atomic mass is 16.3. The fraction of sp³-hybridized carbons (Fsp3) is 0.378. The van der Waals surface area contributed by atoms with E-state index < -0.39 is 6.17 Å². The average Bonchev–Trinajstić information content (AvgIpc) is 3.07. The Labute approximate surface area is 281 Å². The van der Waals surface area contributed by atoms with E-state index in [2.05, 4.69) is 80.4 Å². The molecular weight excluding hydrogens is 592 g/mol. The number of hydrogen-bond donors (Lipinski definition) is 3. The second kappa shape index (κ2) is 22.0. The number of carbonyl (C=O) groups is 3. The number of piperazine rings is 1. The topological polar surface area (TPSA) is 108 Å². The van der Waals surface area contributed by atoms with Gasteiger partial charge in [0, 0.05) is 32.9 Å². The van der Waals surface area contributed by atoms with E-state index in [0.29, 0.717) is 18.7 Å². The highest BCUT2D eigenvalue weighted by Gasteiger charge is 2.41. The molecule has 256 valence electrons. The quantitative estimate of drug-likeness (QED) is 0.264. The van der Waals surface area contributed by atoms with Crippen molar-refractivity contribution in [3.05, 3.63) is 108 Å². The molecule has 0 radical (unpaired) electrons. The molecule has 2 aliphatic heterocycles. The minimum atomic E-state index is -0.425. The maximum absolute atomic E-state index is 11.8. The third-order valence-corrected chi connectivity index (χ3v) is 6.98. The van der Waals surface area contributed by atoms with Gasteiger partial charge in [-0.15, -0.1) is 6.58 Å². The zero-order valence-corrected chi connectivity index (χ0v) is 29.4. The van der Waals surface area contributed by atoms with Gasteiger partial charge in [-0.05, 0) is 62.7 Å². The Balaban J connectivity index is 0.000000322. The van der Waals surface area contributed by atoms with Crippen molar-refractivity contribution in [2.45, 2.75) is 47.3 Å². The van der Waals surface area contributed by atoms with Crippen LogP contribution in [-0.4, -0.2) is 91.7 Å². The number of amides is 3. The van der Waals surface area contributed by atoms with Crippen LogP contribution in [0.5, 0.6) is 5.75 Å². The van der Waals surface area contributed by atoms with Crippen molar-refractivity contribution in [2.24, 2.45) is 0 Å². The summed E-state index contributed by atoms with van der Waals surface area (Å²) in [7, 11) is 6.09. The number of aryl methyl sites for hydroxylation is 3. The van der Waals surface area contributed by atoms with E-state index in [4.69, 9.17) is 5.11 Å². The number of hydrogen-bond acceptors (Lipinski definition) is 7. The molecule has 10 heteroatoms. The lowest BCUT2D eigenvalue weighted by Crippen LogP contribution is -2.71. The SMILES string of the molecule is C=CCN1CC(=O)N2CC(=O)NCC2N1C=O.CC.CNCc1ccccc1.Cc1ccc(C)c(N(C)C)c1.Cc1ccc(O)cc1. The smallest absolute Gasteiger partial charge is 0.240 e. The summed E-state index contributed by atoms with van der Waals surface area (Å²) in [6.07, 6.45) is 1.87. The second-order valence-electron chi connectivity index (χ2n) is 11.0. The Hall–Kier alpha value is -4.67. The Morgan fingerprint density at radius 3 is 2.09 bits per heavy atom. The van der Waals surface area contributed by atoms with Gasteiger partial charge < -0.3 is 25.5 Å². The molecule has 2 saturated heterocycles. The molecule has 3 N–H and O–H groups in total. The lowest BCUT2D eigenvalue weighted by molar-refractivity contribution is -0.184. The molecule has 1 unspecified atom stereocenters. The first kappa shape index (κ1) is 40.4. The zero-order chi connectivity index (χ0) is 35.4. The van der Waals surface area contributed by atoms with Crippen LogP contribution >= 0.6 is 0 Å². The number of phenols is 1. The molecule has 1 atom stereocenters. The summed E-state index contributed by atoms with van der Waals surface area (Å²) < 4.78 is 0. The van der Waals surface area contributed by atoms with Gasteiger partial charge in [0.15, 0.2) is 0 Å². The second-order valence-corrected chi connectivity index (χ2v) is 11.0. The van der Waals surface area contributed by atoms with E-state index in [0.717, 1.165) is 6.54 Å². The third kappa shape index (κ3) is 14.1. The fourth-order valence-corrected chi connectivity index (χ4v) is 4.63. The number of hydrazine groups is 1. The molecule has 0 saturated carbocycles. The predicted octanol–water partition coefficient (Wildman–Crippen LogP) is 4.65. The van der Waals surface area contributed by atoms with Crippen molar-refractivity contribution < 1.29 is 19.5 Å². The van der Waals surface area contributed by atoms with Crippen molar-refractivity contribution in [2.75, 3.05) is 52.2 Å². The van der Waals surface area contributed by atoms with E-state index in [9.17, 15) is 14.4 Å². The van der Waals surface area contributed by atoms with Crippen molar-refractivity contribution in [3.8, 4) is 5.75 Å². The lowest BCUT2D eigenvalue weighted by Gasteiger charge is -2.48. The van der Waals surface area contributed by atoms with Crippen molar-refractivity contribution in [1.82, 2.24) is 25.6 Å². The highest BCUT2D eigenvalue weighted by Crippen LogP contribution is 2.19. The monoisotopic (exact) mass is 646 g/mol. The first-order chi connectivity index (χ1) is 22.5. The third-order valence-electron chi connectivity index (χ3n) is 6.98. The minimum absolute atomic E-state index is 0.00969. The Morgan fingerprint density at radius 1 is 0.957 bits per heavy atom. The largest absolute Gasteiger partial charge is 0.508 e. The molecule has 3 aromatic rings. The highest BCUT2D eigenvalue weighted by molar-refractivity contribution is 5.88. The molecule has 2 fully saturated rings. The van der Waals surface area contributed by atoms with Crippen LogP contribution < -0.4 is 15.5 Å². The molecule has 0 bridgehead atoms. The van der Waals surface area contributed by atoms with Gasteiger partial charge in [0.1, 0.15) is 18.5 Å². The van der Waals surface area contributed by atoms with Gasteiger partial charge in [-0.3, -0.25) is 19.4 Å². The number of phenolic OH excluding ortho intramolecular Hbond substituents is 1. The summed E-state index contributed by atoms with van der Waals surface area (Å²) in [5, 5.41) is 17.5. The van der Waals surface area contributed by atoms with Gasteiger partial charge in [0.25, 0.3) is 0 Å².